The van der Waals surface area contributed by atoms with Crippen molar-refractivity contribution in [3.05, 3.63) is 34.6 Å². The zero-order chi connectivity index (χ0) is 14.3. The number of rotatable bonds is 3. The van der Waals surface area contributed by atoms with Crippen LogP contribution in [0.3, 0.4) is 0 Å². The molecule has 0 radical (unpaired) electrons. The largest absolute Gasteiger partial charge is 0.392 e. The van der Waals surface area contributed by atoms with Crippen molar-refractivity contribution in [1.29, 1.82) is 0 Å². The summed E-state index contributed by atoms with van der Waals surface area (Å²) in [6.07, 6.45) is 4.75. The molecule has 2 aliphatic heterocycles. The van der Waals surface area contributed by atoms with Crippen LogP contribution in [0, 0.1) is 11.7 Å². The van der Waals surface area contributed by atoms with E-state index in [1.165, 1.54) is 18.9 Å². The Labute approximate surface area is 124 Å². The lowest BCUT2D eigenvalue weighted by atomic mass is 9.84. The fourth-order valence-corrected chi connectivity index (χ4v) is 3.96. The van der Waals surface area contributed by atoms with Gasteiger partial charge in [0.25, 0.3) is 0 Å². The minimum absolute atomic E-state index is 0.139. The smallest absolute Gasteiger partial charge is 0.142 e. The normalized spacial score (nSPS) is 31.5. The topological polar surface area (TPSA) is 23.5 Å². The van der Waals surface area contributed by atoms with Gasteiger partial charge in [-0.2, -0.15) is 0 Å². The molecule has 1 N–H and O–H groups in total. The van der Waals surface area contributed by atoms with Crippen molar-refractivity contribution in [2.24, 2.45) is 5.92 Å². The monoisotopic (exact) mass is 297 g/mol. The molecule has 2 saturated heterocycles. The average molecular weight is 298 g/mol. The van der Waals surface area contributed by atoms with Crippen molar-refractivity contribution in [2.45, 2.75) is 50.3 Å². The van der Waals surface area contributed by atoms with Gasteiger partial charge in [0.15, 0.2) is 0 Å². The molecule has 0 amide bonds. The van der Waals surface area contributed by atoms with Gasteiger partial charge in [0.05, 0.1) is 11.1 Å². The lowest BCUT2D eigenvalue weighted by molar-refractivity contribution is 0.0367. The standard InChI is InChI=1S/C16H21ClFNO/c1-19-12-3-4-13(19)9-11(8-12)16(20)7-10-2-5-14(17)15(18)6-10/h2,5-6,11-13,16,20H,3-4,7-9H2,1H3. The van der Waals surface area contributed by atoms with E-state index in [2.05, 4.69) is 11.9 Å². The fraction of sp³-hybridized carbons (Fsp3) is 0.625. The lowest BCUT2D eigenvalue weighted by Gasteiger charge is -2.38. The Morgan fingerprint density at radius 1 is 1.35 bits per heavy atom. The second-order valence-electron chi connectivity index (χ2n) is 6.30. The summed E-state index contributed by atoms with van der Waals surface area (Å²) in [4.78, 5) is 2.46. The van der Waals surface area contributed by atoms with Gasteiger partial charge in [0, 0.05) is 12.1 Å². The number of fused-ring (bicyclic) bond motifs is 2. The molecule has 2 fully saturated rings. The van der Waals surface area contributed by atoms with Crippen LogP contribution in [0.5, 0.6) is 0 Å². The van der Waals surface area contributed by atoms with Crippen molar-refractivity contribution in [2.75, 3.05) is 7.05 Å². The fourth-order valence-electron chi connectivity index (χ4n) is 3.84. The molecule has 0 spiro atoms. The van der Waals surface area contributed by atoms with E-state index in [4.69, 9.17) is 11.6 Å². The van der Waals surface area contributed by atoms with Crippen LogP contribution >= 0.6 is 11.6 Å². The van der Waals surface area contributed by atoms with Crippen LogP contribution in [-0.2, 0) is 6.42 Å². The summed E-state index contributed by atoms with van der Waals surface area (Å²) in [6, 6.07) is 6.05. The van der Waals surface area contributed by atoms with E-state index in [1.54, 1.807) is 12.1 Å². The molecule has 2 nitrogen and oxygen atoms in total. The van der Waals surface area contributed by atoms with E-state index in [9.17, 15) is 9.50 Å². The SMILES string of the molecule is CN1C2CCC1CC(C(O)Cc1ccc(Cl)c(F)c1)C2. The van der Waals surface area contributed by atoms with E-state index < -0.39 is 5.82 Å². The molecule has 1 aromatic rings. The van der Waals surface area contributed by atoms with E-state index in [0.717, 1.165) is 18.4 Å². The number of halogens is 2. The Balaban J connectivity index is 1.65. The number of nitrogens with zero attached hydrogens (tertiary/aromatic N) is 1. The number of aliphatic hydroxyl groups is 1. The van der Waals surface area contributed by atoms with E-state index in [1.807, 2.05) is 0 Å². The molecule has 3 rings (SSSR count). The van der Waals surface area contributed by atoms with Crippen molar-refractivity contribution in [3.63, 3.8) is 0 Å². The van der Waals surface area contributed by atoms with Crippen LogP contribution in [0.1, 0.15) is 31.2 Å². The maximum atomic E-state index is 13.4. The maximum absolute atomic E-state index is 13.4. The molecule has 1 aromatic carbocycles. The predicted octanol–water partition coefficient (Wildman–Crippen LogP) is 3.26. The predicted molar refractivity (Wildman–Crippen MR) is 78.4 cm³/mol. The average Bonchev–Trinajstić information content (AvgIpc) is 2.65. The van der Waals surface area contributed by atoms with Gasteiger partial charge in [-0.15, -0.1) is 0 Å². The highest BCUT2D eigenvalue weighted by Gasteiger charge is 2.40. The molecule has 0 aromatic heterocycles. The van der Waals surface area contributed by atoms with Crippen LogP contribution in [0.2, 0.25) is 5.02 Å². The second kappa shape index (κ2) is 5.63. The van der Waals surface area contributed by atoms with E-state index in [-0.39, 0.29) is 11.1 Å². The molecule has 20 heavy (non-hydrogen) atoms. The van der Waals surface area contributed by atoms with Crippen molar-refractivity contribution in [3.8, 4) is 0 Å². The van der Waals surface area contributed by atoms with Gasteiger partial charge in [0.1, 0.15) is 5.82 Å². The molecule has 2 heterocycles. The molecular weight excluding hydrogens is 277 g/mol. The first-order valence-corrected chi connectivity index (χ1v) is 7.76. The summed E-state index contributed by atoms with van der Waals surface area (Å²) in [5.41, 5.74) is 0.825. The van der Waals surface area contributed by atoms with Crippen molar-refractivity contribution >= 4 is 11.6 Å². The van der Waals surface area contributed by atoms with Crippen LogP contribution in [0.25, 0.3) is 0 Å². The van der Waals surface area contributed by atoms with Gasteiger partial charge in [-0.25, -0.2) is 4.39 Å². The first kappa shape index (κ1) is 14.3. The summed E-state index contributed by atoms with van der Waals surface area (Å²) in [5.74, 6) is -0.0674. The molecular formula is C16H21ClFNO. The molecule has 3 atom stereocenters. The highest BCUT2D eigenvalue weighted by molar-refractivity contribution is 6.30. The zero-order valence-corrected chi connectivity index (χ0v) is 12.5. The highest BCUT2D eigenvalue weighted by atomic mass is 35.5. The Kier molecular flexibility index (Phi) is 4.02. The maximum Gasteiger partial charge on any atom is 0.142 e. The van der Waals surface area contributed by atoms with Gasteiger partial charge in [-0.3, -0.25) is 0 Å². The summed E-state index contributed by atoms with van der Waals surface area (Å²) >= 11 is 5.69. The summed E-state index contributed by atoms with van der Waals surface area (Å²) in [5, 5.41) is 10.6. The van der Waals surface area contributed by atoms with E-state index in [0.29, 0.717) is 24.4 Å². The number of piperidine rings is 1. The second-order valence-corrected chi connectivity index (χ2v) is 6.71. The summed E-state index contributed by atoms with van der Waals surface area (Å²) < 4.78 is 13.4. The van der Waals surface area contributed by atoms with E-state index >= 15 is 0 Å². The Morgan fingerprint density at radius 2 is 2.00 bits per heavy atom. The first-order chi connectivity index (χ1) is 9.54. The van der Waals surface area contributed by atoms with Gasteiger partial charge in [-0.05, 0) is 62.8 Å². The Hall–Kier alpha value is -0.640. The summed E-state index contributed by atoms with van der Waals surface area (Å²) in [6.45, 7) is 0. The molecule has 2 bridgehead atoms. The van der Waals surface area contributed by atoms with Crippen LogP contribution < -0.4 is 0 Å². The third kappa shape index (κ3) is 2.72. The molecule has 0 saturated carbocycles. The van der Waals surface area contributed by atoms with Gasteiger partial charge in [0.2, 0.25) is 0 Å². The summed E-state index contributed by atoms with van der Waals surface area (Å²) in [7, 11) is 2.19. The minimum Gasteiger partial charge on any atom is -0.392 e. The van der Waals surface area contributed by atoms with Gasteiger partial charge in [-0.1, -0.05) is 17.7 Å². The zero-order valence-electron chi connectivity index (χ0n) is 11.7. The van der Waals surface area contributed by atoms with Crippen LogP contribution in [-0.4, -0.2) is 35.2 Å². The quantitative estimate of drug-likeness (QED) is 0.926. The first-order valence-electron chi connectivity index (χ1n) is 7.38. The third-order valence-corrected chi connectivity index (χ3v) is 5.41. The molecule has 4 heteroatoms. The Morgan fingerprint density at radius 3 is 2.60 bits per heavy atom. The number of aliphatic hydroxyl groups excluding tert-OH is 1. The number of benzene rings is 1. The van der Waals surface area contributed by atoms with Crippen LogP contribution in [0.4, 0.5) is 4.39 Å². The molecule has 2 aliphatic rings. The van der Waals surface area contributed by atoms with Gasteiger partial charge < -0.3 is 10.0 Å². The molecule has 0 aliphatic carbocycles. The Bertz CT molecular complexity index is 481. The number of hydrogen-bond acceptors (Lipinski definition) is 2. The molecule has 110 valence electrons. The third-order valence-electron chi connectivity index (χ3n) is 5.11. The van der Waals surface area contributed by atoms with Crippen LogP contribution in [0.15, 0.2) is 18.2 Å². The van der Waals surface area contributed by atoms with Crippen molar-refractivity contribution in [1.82, 2.24) is 4.90 Å². The number of hydrogen-bond donors (Lipinski definition) is 1. The molecule has 3 unspecified atom stereocenters. The van der Waals surface area contributed by atoms with Crippen molar-refractivity contribution < 1.29 is 9.50 Å². The highest BCUT2D eigenvalue weighted by Crippen LogP contribution is 2.39. The lowest BCUT2D eigenvalue weighted by Crippen LogP contribution is -2.43. The minimum atomic E-state index is -0.403. The van der Waals surface area contributed by atoms with Gasteiger partial charge >= 0.3 is 0 Å².